The zero-order chi connectivity index (χ0) is 15.2. The monoisotopic (exact) mass is 286 g/mol. The molecule has 2 aromatic rings. The van der Waals surface area contributed by atoms with Crippen molar-refractivity contribution in [3.63, 3.8) is 0 Å². The molecule has 0 saturated carbocycles. The van der Waals surface area contributed by atoms with Gasteiger partial charge < -0.3 is 15.0 Å². The van der Waals surface area contributed by atoms with Crippen LogP contribution in [0.1, 0.15) is 25.8 Å². The molecule has 1 unspecified atom stereocenters. The van der Waals surface area contributed by atoms with Crippen LogP contribution in [0, 0.1) is 11.8 Å². The Labute approximate surface area is 123 Å². The highest BCUT2D eigenvalue weighted by molar-refractivity contribution is 5.93. The lowest BCUT2D eigenvalue weighted by atomic mass is 10.2. The Hall–Kier alpha value is -2.55. The van der Waals surface area contributed by atoms with Crippen LogP contribution in [0.15, 0.2) is 12.5 Å². The van der Waals surface area contributed by atoms with E-state index in [1.807, 2.05) is 13.1 Å². The fourth-order valence-electron chi connectivity index (χ4n) is 1.78. The summed E-state index contributed by atoms with van der Waals surface area (Å²) in [6, 6.07) is 0. The number of aromatic amines is 1. The molecule has 6 nitrogen and oxygen atoms in total. The zero-order valence-electron chi connectivity index (χ0n) is 12.4. The van der Waals surface area contributed by atoms with Gasteiger partial charge in [-0.05, 0) is 24.8 Å². The minimum Gasteiger partial charge on any atom is -0.474 e. The predicted molar refractivity (Wildman–Crippen MR) is 79.8 cm³/mol. The maximum absolute atomic E-state index is 11.1. The second-order valence-electron chi connectivity index (χ2n) is 4.61. The van der Waals surface area contributed by atoms with Gasteiger partial charge in [-0.15, -0.1) is 0 Å². The minimum atomic E-state index is -0.304. The summed E-state index contributed by atoms with van der Waals surface area (Å²) in [5.74, 6) is 5.59. The number of ether oxygens (including phenoxy) is 1. The largest absolute Gasteiger partial charge is 0.474 e. The first-order valence-corrected chi connectivity index (χ1v) is 6.83. The number of rotatable bonds is 4. The van der Waals surface area contributed by atoms with E-state index in [0.29, 0.717) is 17.9 Å². The Morgan fingerprint density at radius 2 is 2.33 bits per heavy atom. The number of nitrogens with zero attached hydrogens (tertiary/aromatic N) is 2. The molecule has 0 aromatic carbocycles. The molecule has 6 heteroatoms. The molecular formula is C15H18N4O2. The molecule has 2 aromatic heterocycles. The lowest BCUT2D eigenvalue weighted by Crippen LogP contribution is -2.14. The van der Waals surface area contributed by atoms with E-state index in [-0.39, 0.29) is 12.0 Å². The number of fused-ring (bicyclic) bond motifs is 1. The Kier molecular flexibility index (Phi) is 4.77. The van der Waals surface area contributed by atoms with Gasteiger partial charge in [-0.2, -0.15) is 0 Å². The number of H-pyrrole nitrogens is 1. The van der Waals surface area contributed by atoms with Gasteiger partial charge in [0.1, 0.15) is 12.0 Å². The van der Waals surface area contributed by atoms with Crippen LogP contribution >= 0.6 is 0 Å². The van der Waals surface area contributed by atoms with Crippen molar-refractivity contribution in [2.45, 2.75) is 32.8 Å². The van der Waals surface area contributed by atoms with Crippen LogP contribution < -0.4 is 10.1 Å². The smallest absolute Gasteiger partial charge is 0.295 e. The summed E-state index contributed by atoms with van der Waals surface area (Å²) in [5.41, 5.74) is 1.63. The van der Waals surface area contributed by atoms with E-state index in [4.69, 9.17) is 4.74 Å². The topological polar surface area (TPSA) is 79.9 Å². The standard InChI is InChI=1S/C15H18N4O2/c1-4-10(2)21-15-13-11(6-5-7-12(20)16-3)8-17-14(13)18-9-19-15/h8-10H,4,6H2,1-3H3,(H,16,20)(H,17,18,19). The van der Waals surface area contributed by atoms with E-state index < -0.39 is 0 Å². The Morgan fingerprint density at radius 3 is 3.05 bits per heavy atom. The third-order valence-electron chi connectivity index (χ3n) is 3.11. The SMILES string of the molecule is CCC(C)Oc1ncnc2[nH]cc(CC#CC(=O)NC)c12. The highest BCUT2D eigenvalue weighted by Crippen LogP contribution is 2.26. The van der Waals surface area contributed by atoms with Gasteiger partial charge in [0, 0.05) is 19.7 Å². The van der Waals surface area contributed by atoms with E-state index >= 15 is 0 Å². The molecule has 0 bridgehead atoms. The summed E-state index contributed by atoms with van der Waals surface area (Å²) in [5, 5.41) is 3.28. The van der Waals surface area contributed by atoms with Crippen LogP contribution in [-0.4, -0.2) is 34.0 Å². The molecule has 0 spiro atoms. The molecule has 2 rings (SSSR count). The summed E-state index contributed by atoms with van der Waals surface area (Å²) in [4.78, 5) is 22.6. The highest BCUT2D eigenvalue weighted by atomic mass is 16.5. The molecule has 0 aliphatic rings. The molecule has 1 atom stereocenters. The van der Waals surface area contributed by atoms with E-state index in [1.165, 1.54) is 6.33 Å². The second-order valence-corrected chi connectivity index (χ2v) is 4.61. The van der Waals surface area contributed by atoms with Crippen molar-refractivity contribution in [3.8, 4) is 17.7 Å². The van der Waals surface area contributed by atoms with Crippen molar-refractivity contribution < 1.29 is 9.53 Å². The molecule has 0 aliphatic heterocycles. The predicted octanol–water partition coefficient (Wildman–Crippen LogP) is 1.43. The third kappa shape index (κ3) is 3.51. The first kappa shape index (κ1) is 14.9. The van der Waals surface area contributed by atoms with Crippen LogP contribution in [0.4, 0.5) is 0 Å². The highest BCUT2D eigenvalue weighted by Gasteiger charge is 2.13. The van der Waals surface area contributed by atoms with Gasteiger partial charge in [0.05, 0.1) is 11.5 Å². The van der Waals surface area contributed by atoms with Crippen molar-refractivity contribution in [2.24, 2.45) is 0 Å². The van der Waals surface area contributed by atoms with Gasteiger partial charge in [0.25, 0.3) is 5.91 Å². The maximum atomic E-state index is 11.1. The normalized spacial score (nSPS) is 11.6. The number of hydrogen-bond donors (Lipinski definition) is 2. The molecule has 21 heavy (non-hydrogen) atoms. The maximum Gasteiger partial charge on any atom is 0.295 e. The Morgan fingerprint density at radius 1 is 1.52 bits per heavy atom. The summed E-state index contributed by atoms with van der Waals surface area (Å²) >= 11 is 0. The molecule has 2 heterocycles. The van der Waals surface area contributed by atoms with E-state index in [2.05, 4.69) is 39.0 Å². The summed E-state index contributed by atoms with van der Waals surface area (Å²) in [6.07, 6.45) is 4.68. The average Bonchev–Trinajstić information content (AvgIpc) is 2.91. The van der Waals surface area contributed by atoms with Gasteiger partial charge in [-0.25, -0.2) is 9.97 Å². The first-order chi connectivity index (χ1) is 10.2. The Balaban J connectivity index is 2.31. The number of nitrogens with one attached hydrogen (secondary N) is 2. The fourth-order valence-corrected chi connectivity index (χ4v) is 1.78. The van der Waals surface area contributed by atoms with Gasteiger partial charge in [-0.1, -0.05) is 12.8 Å². The van der Waals surface area contributed by atoms with Crippen molar-refractivity contribution in [3.05, 3.63) is 18.1 Å². The molecule has 0 saturated heterocycles. The summed E-state index contributed by atoms with van der Waals surface area (Å²) in [7, 11) is 1.55. The molecule has 0 radical (unpaired) electrons. The first-order valence-electron chi connectivity index (χ1n) is 6.83. The quantitative estimate of drug-likeness (QED) is 0.833. The lowest BCUT2D eigenvalue weighted by molar-refractivity contribution is -0.115. The van der Waals surface area contributed by atoms with Crippen LogP contribution in [0.3, 0.4) is 0 Å². The molecule has 0 fully saturated rings. The van der Waals surface area contributed by atoms with Crippen molar-refractivity contribution in [2.75, 3.05) is 7.05 Å². The van der Waals surface area contributed by atoms with Gasteiger partial charge in [-0.3, -0.25) is 4.79 Å². The van der Waals surface area contributed by atoms with Gasteiger partial charge >= 0.3 is 0 Å². The number of carbonyl (C=O) groups is 1. The summed E-state index contributed by atoms with van der Waals surface area (Å²) < 4.78 is 5.83. The van der Waals surface area contributed by atoms with E-state index in [1.54, 1.807) is 7.05 Å². The van der Waals surface area contributed by atoms with Crippen LogP contribution in [0.5, 0.6) is 5.88 Å². The van der Waals surface area contributed by atoms with E-state index in [9.17, 15) is 4.79 Å². The third-order valence-corrected chi connectivity index (χ3v) is 3.11. The molecule has 0 aliphatic carbocycles. The number of aromatic nitrogens is 3. The van der Waals surface area contributed by atoms with Crippen LogP contribution in [-0.2, 0) is 11.2 Å². The minimum absolute atomic E-state index is 0.0720. The van der Waals surface area contributed by atoms with Gasteiger partial charge in [0.15, 0.2) is 0 Å². The number of carbonyl (C=O) groups excluding carboxylic acids is 1. The lowest BCUT2D eigenvalue weighted by Gasteiger charge is -2.12. The number of hydrogen-bond acceptors (Lipinski definition) is 4. The van der Waals surface area contributed by atoms with Crippen molar-refractivity contribution in [1.82, 2.24) is 20.3 Å². The van der Waals surface area contributed by atoms with Gasteiger partial charge in [0.2, 0.25) is 5.88 Å². The second kappa shape index (κ2) is 6.75. The molecule has 2 N–H and O–H groups in total. The van der Waals surface area contributed by atoms with Crippen LogP contribution in [0.25, 0.3) is 11.0 Å². The summed E-state index contributed by atoms with van der Waals surface area (Å²) in [6.45, 7) is 4.04. The number of amides is 1. The molecule has 110 valence electrons. The Bertz CT molecular complexity index is 696. The molecular weight excluding hydrogens is 268 g/mol. The van der Waals surface area contributed by atoms with Crippen molar-refractivity contribution in [1.29, 1.82) is 0 Å². The zero-order valence-corrected chi connectivity index (χ0v) is 12.4. The molecule has 1 amide bonds. The van der Waals surface area contributed by atoms with Crippen LogP contribution in [0.2, 0.25) is 0 Å². The van der Waals surface area contributed by atoms with Crippen molar-refractivity contribution >= 4 is 16.9 Å². The average molecular weight is 286 g/mol. The fraction of sp³-hybridized carbons (Fsp3) is 0.400. The van der Waals surface area contributed by atoms with E-state index in [0.717, 1.165) is 17.4 Å².